The molecule has 0 saturated heterocycles. The molecular formula is C16H21FN4O2. The minimum atomic E-state index is -0.558. The Morgan fingerprint density at radius 1 is 1.39 bits per heavy atom. The lowest BCUT2D eigenvalue weighted by molar-refractivity contribution is 0.144. The van der Waals surface area contributed by atoms with E-state index in [4.69, 9.17) is 0 Å². The van der Waals surface area contributed by atoms with Crippen molar-refractivity contribution in [2.24, 2.45) is 0 Å². The summed E-state index contributed by atoms with van der Waals surface area (Å²) in [5.41, 5.74) is 1.60. The lowest BCUT2D eigenvalue weighted by Gasteiger charge is -2.19. The normalized spacial score (nSPS) is 12.0. The molecule has 2 aromatic rings. The molecule has 0 aliphatic carbocycles. The molecule has 1 unspecified atom stereocenters. The number of urea groups is 1. The largest absolute Gasteiger partial charge is 0.392 e. The maximum absolute atomic E-state index is 12.9. The Morgan fingerprint density at radius 3 is 2.74 bits per heavy atom. The highest BCUT2D eigenvalue weighted by Crippen LogP contribution is 2.09. The highest BCUT2D eigenvalue weighted by Gasteiger charge is 2.10. The number of carbonyl (C=O) groups excluding carboxylic acids is 1. The summed E-state index contributed by atoms with van der Waals surface area (Å²) in [5.74, 6) is -0.287. The van der Waals surface area contributed by atoms with Gasteiger partial charge >= 0.3 is 6.03 Å². The van der Waals surface area contributed by atoms with E-state index >= 15 is 0 Å². The van der Waals surface area contributed by atoms with E-state index in [1.54, 1.807) is 37.0 Å². The van der Waals surface area contributed by atoms with E-state index in [1.807, 2.05) is 6.07 Å². The number of aliphatic hydroxyl groups is 1. The number of halogens is 1. The zero-order valence-electron chi connectivity index (χ0n) is 13.2. The third-order valence-electron chi connectivity index (χ3n) is 3.28. The monoisotopic (exact) mass is 320 g/mol. The minimum absolute atomic E-state index is 0.233. The van der Waals surface area contributed by atoms with E-state index < -0.39 is 6.10 Å². The van der Waals surface area contributed by atoms with Gasteiger partial charge in [-0.1, -0.05) is 0 Å². The molecule has 1 aromatic heterocycles. The molecule has 1 heterocycles. The fraction of sp³-hybridized carbons (Fsp3) is 0.375. The number of carbonyl (C=O) groups is 1. The average molecular weight is 320 g/mol. The second kappa shape index (κ2) is 7.73. The molecule has 0 aliphatic heterocycles. The van der Waals surface area contributed by atoms with E-state index in [0.29, 0.717) is 13.0 Å². The third-order valence-corrected chi connectivity index (χ3v) is 3.28. The number of likely N-dealkylation sites (N-methyl/N-ethyl adjacent to an activating group) is 1. The maximum atomic E-state index is 12.9. The molecule has 1 aromatic carbocycles. The van der Waals surface area contributed by atoms with Crippen molar-refractivity contribution in [3.63, 3.8) is 0 Å². The molecule has 7 heteroatoms. The van der Waals surface area contributed by atoms with Gasteiger partial charge in [-0.05, 0) is 37.3 Å². The number of rotatable bonds is 6. The molecule has 2 N–H and O–H groups in total. The van der Waals surface area contributed by atoms with Crippen LogP contribution in [0.1, 0.15) is 12.6 Å². The van der Waals surface area contributed by atoms with Gasteiger partial charge in [-0.2, -0.15) is 5.10 Å². The molecule has 6 nitrogen and oxygen atoms in total. The Balaban J connectivity index is 1.83. The van der Waals surface area contributed by atoms with Gasteiger partial charge < -0.3 is 15.3 Å². The van der Waals surface area contributed by atoms with Crippen molar-refractivity contribution in [1.82, 2.24) is 20.0 Å². The number of benzene rings is 1. The van der Waals surface area contributed by atoms with Crippen molar-refractivity contribution in [2.75, 3.05) is 20.1 Å². The molecule has 0 radical (unpaired) electrons. The Kier molecular flexibility index (Phi) is 5.70. The predicted octanol–water partition coefficient (Wildman–Crippen LogP) is 1.58. The molecule has 2 rings (SSSR count). The molecule has 124 valence electrons. The Morgan fingerprint density at radius 2 is 2.09 bits per heavy atom. The SMILES string of the molecule is CC(O)CN(C)C(=O)NCCc1ccn(-c2ccc(F)cc2)n1. The molecule has 2 amide bonds. The fourth-order valence-electron chi connectivity index (χ4n) is 2.14. The van der Waals surface area contributed by atoms with Crippen molar-refractivity contribution >= 4 is 6.03 Å². The molecule has 0 aliphatic rings. The van der Waals surface area contributed by atoms with Crippen molar-refractivity contribution < 1.29 is 14.3 Å². The Hall–Kier alpha value is -2.41. The van der Waals surface area contributed by atoms with Gasteiger partial charge in [0, 0.05) is 32.8 Å². The summed E-state index contributed by atoms with van der Waals surface area (Å²) in [5, 5.41) is 16.4. The quantitative estimate of drug-likeness (QED) is 0.849. The third kappa shape index (κ3) is 5.07. The number of aromatic nitrogens is 2. The first-order valence-electron chi connectivity index (χ1n) is 7.43. The number of amides is 2. The van der Waals surface area contributed by atoms with E-state index in [9.17, 15) is 14.3 Å². The first-order chi connectivity index (χ1) is 11.0. The van der Waals surface area contributed by atoms with Crippen LogP contribution in [0.3, 0.4) is 0 Å². The Bertz CT molecular complexity index is 640. The zero-order chi connectivity index (χ0) is 16.8. The van der Waals surface area contributed by atoms with E-state index in [-0.39, 0.29) is 18.4 Å². The van der Waals surface area contributed by atoms with E-state index in [2.05, 4.69) is 10.4 Å². The standard InChI is InChI=1S/C16H21FN4O2/c1-12(22)11-20(2)16(23)18-9-7-14-8-10-21(19-14)15-5-3-13(17)4-6-15/h3-6,8,10,12,22H,7,9,11H2,1-2H3,(H,18,23). The number of hydrogen-bond donors (Lipinski definition) is 2. The average Bonchev–Trinajstić information content (AvgIpc) is 2.96. The smallest absolute Gasteiger partial charge is 0.317 e. The molecule has 0 fully saturated rings. The van der Waals surface area contributed by atoms with Crippen LogP contribution in [0.4, 0.5) is 9.18 Å². The van der Waals surface area contributed by atoms with Gasteiger partial charge in [-0.25, -0.2) is 13.9 Å². The van der Waals surface area contributed by atoms with Crippen LogP contribution in [0.25, 0.3) is 5.69 Å². The number of nitrogens with zero attached hydrogens (tertiary/aromatic N) is 3. The maximum Gasteiger partial charge on any atom is 0.317 e. The van der Waals surface area contributed by atoms with Gasteiger partial charge in [0.05, 0.1) is 17.5 Å². The second-order valence-electron chi connectivity index (χ2n) is 5.44. The molecular weight excluding hydrogens is 299 g/mol. The first kappa shape index (κ1) is 17.0. The van der Waals surface area contributed by atoms with Crippen molar-refractivity contribution in [2.45, 2.75) is 19.4 Å². The molecule has 23 heavy (non-hydrogen) atoms. The van der Waals surface area contributed by atoms with Crippen LogP contribution < -0.4 is 5.32 Å². The number of aliphatic hydroxyl groups excluding tert-OH is 1. The van der Waals surface area contributed by atoms with Gasteiger partial charge in [-0.3, -0.25) is 0 Å². The fourth-order valence-corrected chi connectivity index (χ4v) is 2.14. The van der Waals surface area contributed by atoms with Crippen LogP contribution in [0, 0.1) is 5.82 Å². The second-order valence-corrected chi connectivity index (χ2v) is 5.44. The minimum Gasteiger partial charge on any atom is -0.392 e. The van der Waals surface area contributed by atoms with Gasteiger partial charge in [0.2, 0.25) is 0 Å². The summed E-state index contributed by atoms with van der Waals surface area (Å²) in [7, 11) is 1.63. The number of hydrogen-bond acceptors (Lipinski definition) is 3. The van der Waals surface area contributed by atoms with E-state index in [0.717, 1.165) is 11.4 Å². The highest BCUT2D eigenvalue weighted by atomic mass is 19.1. The molecule has 1 atom stereocenters. The van der Waals surface area contributed by atoms with Crippen LogP contribution in [0.15, 0.2) is 36.5 Å². The zero-order valence-corrected chi connectivity index (χ0v) is 13.2. The van der Waals surface area contributed by atoms with Gasteiger partial charge in [0.25, 0.3) is 0 Å². The van der Waals surface area contributed by atoms with Gasteiger partial charge in [0.15, 0.2) is 0 Å². The van der Waals surface area contributed by atoms with Gasteiger partial charge in [-0.15, -0.1) is 0 Å². The predicted molar refractivity (Wildman–Crippen MR) is 84.9 cm³/mol. The summed E-state index contributed by atoms with van der Waals surface area (Å²) in [4.78, 5) is 13.2. The van der Waals surface area contributed by atoms with Crippen LogP contribution >= 0.6 is 0 Å². The van der Waals surface area contributed by atoms with Crippen molar-refractivity contribution in [1.29, 1.82) is 0 Å². The highest BCUT2D eigenvalue weighted by molar-refractivity contribution is 5.73. The Labute approximate surface area is 134 Å². The lowest BCUT2D eigenvalue weighted by Crippen LogP contribution is -2.41. The van der Waals surface area contributed by atoms with Crippen LogP contribution in [-0.2, 0) is 6.42 Å². The lowest BCUT2D eigenvalue weighted by atomic mass is 10.3. The topological polar surface area (TPSA) is 70.4 Å². The summed E-state index contributed by atoms with van der Waals surface area (Å²) in [6.07, 6.45) is 1.82. The summed E-state index contributed by atoms with van der Waals surface area (Å²) in [6.45, 7) is 2.36. The number of nitrogens with one attached hydrogen (secondary N) is 1. The van der Waals surface area contributed by atoms with Gasteiger partial charge in [0.1, 0.15) is 5.82 Å². The summed E-state index contributed by atoms with van der Waals surface area (Å²) < 4.78 is 14.6. The van der Waals surface area contributed by atoms with Crippen LogP contribution in [0.2, 0.25) is 0 Å². The van der Waals surface area contributed by atoms with Crippen molar-refractivity contribution in [3.8, 4) is 5.69 Å². The molecule has 0 spiro atoms. The molecule has 0 saturated carbocycles. The first-order valence-corrected chi connectivity index (χ1v) is 7.43. The van der Waals surface area contributed by atoms with Crippen LogP contribution in [0.5, 0.6) is 0 Å². The van der Waals surface area contributed by atoms with E-state index in [1.165, 1.54) is 17.0 Å². The van der Waals surface area contributed by atoms with Crippen molar-refractivity contribution in [3.05, 3.63) is 48.0 Å². The summed E-state index contributed by atoms with van der Waals surface area (Å²) >= 11 is 0. The van der Waals surface area contributed by atoms with Crippen LogP contribution in [-0.4, -0.2) is 52.1 Å². The molecule has 0 bridgehead atoms. The summed E-state index contributed by atoms with van der Waals surface area (Å²) in [6, 6.07) is 7.69.